The highest BCUT2D eigenvalue weighted by Gasteiger charge is 2.15. The Kier molecular flexibility index (Phi) is 5.66. The predicted molar refractivity (Wildman–Crippen MR) is 104 cm³/mol. The van der Waals surface area contributed by atoms with Gasteiger partial charge in [0.2, 0.25) is 0 Å². The Morgan fingerprint density at radius 2 is 1.72 bits per heavy atom. The molecule has 2 aromatic carbocycles. The molecule has 1 amide bonds. The number of amides is 1. The Labute approximate surface area is 153 Å². The Balaban J connectivity index is 1.60. The molecule has 0 bridgehead atoms. The summed E-state index contributed by atoms with van der Waals surface area (Å²) in [5.41, 5.74) is 2.43. The third-order valence-electron chi connectivity index (χ3n) is 4.33. The average Bonchev–Trinajstić information content (AvgIpc) is 2.65. The fourth-order valence-electron chi connectivity index (χ4n) is 2.82. The Morgan fingerprint density at radius 1 is 1.04 bits per heavy atom. The number of nitrogens with zero attached hydrogens (tertiary/aromatic N) is 1. The third-order valence-corrected chi connectivity index (χ3v) is 4.67. The third kappa shape index (κ3) is 4.57. The molecule has 0 unspecified atom stereocenters. The van der Waals surface area contributed by atoms with Gasteiger partial charge in [-0.2, -0.15) is 0 Å². The van der Waals surface area contributed by atoms with Crippen molar-refractivity contribution >= 4 is 29.0 Å². The van der Waals surface area contributed by atoms with Crippen LogP contribution in [0.2, 0.25) is 0 Å². The molecule has 5 heteroatoms. The topological polar surface area (TPSA) is 41.6 Å². The molecule has 1 fully saturated rings. The molecule has 0 spiro atoms. The van der Waals surface area contributed by atoms with E-state index in [-0.39, 0.29) is 5.91 Å². The lowest BCUT2D eigenvalue weighted by atomic mass is 10.1. The van der Waals surface area contributed by atoms with Crippen LogP contribution in [0, 0.1) is 6.92 Å². The summed E-state index contributed by atoms with van der Waals surface area (Å²) in [6, 6.07) is 14.8. The number of rotatable bonds is 3. The number of aryl methyl sites for hydroxylation is 1. The molecule has 1 aliphatic heterocycles. The summed E-state index contributed by atoms with van der Waals surface area (Å²) in [6.45, 7) is 3.87. The van der Waals surface area contributed by atoms with Gasteiger partial charge >= 0.3 is 0 Å². The summed E-state index contributed by atoms with van der Waals surface area (Å²) >= 11 is 5.37. The second kappa shape index (κ2) is 8.12. The number of ether oxygens (including phenoxy) is 1. The standard InChI is InChI=1S/C20H22N2O2S/c1-15-7-3-4-8-18(15)21-19(23)16-9-11-17(12-10-16)24-20(25)22-13-5-2-6-14-22/h3-4,7-12H,2,5-6,13-14H2,1H3,(H,21,23). The lowest BCUT2D eigenvalue weighted by molar-refractivity contribution is 0.102. The second-order valence-corrected chi connectivity index (χ2v) is 6.56. The monoisotopic (exact) mass is 354 g/mol. The summed E-state index contributed by atoms with van der Waals surface area (Å²) in [6.07, 6.45) is 3.56. The minimum absolute atomic E-state index is 0.139. The van der Waals surface area contributed by atoms with Crippen LogP contribution in [-0.4, -0.2) is 29.1 Å². The van der Waals surface area contributed by atoms with Crippen LogP contribution in [0.5, 0.6) is 5.75 Å². The molecule has 2 aromatic rings. The zero-order valence-electron chi connectivity index (χ0n) is 14.3. The summed E-state index contributed by atoms with van der Waals surface area (Å²) in [7, 11) is 0. The summed E-state index contributed by atoms with van der Waals surface area (Å²) in [5, 5.41) is 3.44. The molecule has 0 aliphatic carbocycles. The van der Waals surface area contributed by atoms with E-state index in [1.807, 2.05) is 31.2 Å². The van der Waals surface area contributed by atoms with Crippen molar-refractivity contribution in [3.8, 4) is 5.75 Å². The van der Waals surface area contributed by atoms with Crippen LogP contribution >= 0.6 is 12.2 Å². The minimum Gasteiger partial charge on any atom is -0.432 e. The Hall–Kier alpha value is -2.40. The Bertz CT molecular complexity index is 753. The number of hydrogen-bond donors (Lipinski definition) is 1. The van der Waals surface area contributed by atoms with Gasteiger partial charge in [-0.25, -0.2) is 0 Å². The molecule has 25 heavy (non-hydrogen) atoms. The van der Waals surface area contributed by atoms with Crippen LogP contribution in [0.4, 0.5) is 5.69 Å². The fourth-order valence-corrected chi connectivity index (χ4v) is 3.10. The van der Waals surface area contributed by atoms with Crippen molar-refractivity contribution < 1.29 is 9.53 Å². The highest BCUT2D eigenvalue weighted by atomic mass is 32.1. The van der Waals surface area contributed by atoms with E-state index >= 15 is 0 Å². The number of carbonyl (C=O) groups is 1. The molecule has 0 radical (unpaired) electrons. The maximum Gasteiger partial charge on any atom is 0.264 e. The van der Waals surface area contributed by atoms with Gasteiger partial charge in [0, 0.05) is 24.3 Å². The SMILES string of the molecule is Cc1ccccc1NC(=O)c1ccc(OC(=S)N2CCCCC2)cc1. The van der Waals surface area contributed by atoms with Gasteiger partial charge in [-0.05, 0) is 74.3 Å². The molecule has 1 saturated heterocycles. The Morgan fingerprint density at radius 3 is 2.40 bits per heavy atom. The number of carbonyl (C=O) groups excluding carboxylic acids is 1. The molecule has 3 rings (SSSR count). The molecule has 130 valence electrons. The summed E-state index contributed by atoms with van der Waals surface area (Å²) in [4.78, 5) is 14.5. The first-order chi connectivity index (χ1) is 12.1. The maximum atomic E-state index is 12.4. The first-order valence-electron chi connectivity index (χ1n) is 8.57. The smallest absolute Gasteiger partial charge is 0.264 e. The number of thiocarbonyl (C=S) groups is 1. The van der Waals surface area contributed by atoms with E-state index in [1.54, 1.807) is 24.3 Å². The van der Waals surface area contributed by atoms with Crippen LogP contribution in [0.15, 0.2) is 48.5 Å². The van der Waals surface area contributed by atoms with Gasteiger partial charge in [0.25, 0.3) is 11.1 Å². The first-order valence-corrected chi connectivity index (χ1v) is 8.98. The molecule has 0 aromatic heterocycles. The van der Waals surface area contributed by atoms with Gasteiger partial charge in [-0.15, -0.1) is 0 Å². The minimum atomic E-state index is -0.139. The maximum absolute atomic E-state index is 12.4. The number of likely N-dealkylation sites (tertiary alicyclic amines) is 1. The first kappa shape index (κ1) is 17.4. The molecule has 0 atom stereocenters. The number of para-hydroxylation sites is 1. The van der Waals surface area contributed by atoms with Gasteiger partial charge in [0.15, 0.2) is 0 Å². The molecule has 1 aliphatic rings. The van der Waals surface area contributed by atoms with Crippen LogP contribution < -0.4 is 10.1 Å². The van der Waals surface area contributed by atoms with Gasteiger partial charge in [-0.3, -0.25) is 4.79 Å². The van der Waals surface area contributed by atoms with Crippen LogP contribution in [-0.2, 0) is 0 Å². The zero-order valence-corrected chi connectivity index (χ0v) is 15.1. The quantitative estimate of drug-likeness (QED) is 0.830. The predicted octanol–water partition coefficient (Wildman–Crippen LogP) is 4.40. The van der Waals surface area contributed by atoms with Crippen molar-refractivity contribution in [1.29, 1.82) is 0 Å². The number of nitrogens with one attached hydrogen (secondary N) is 1. The van der Waals surface area contributed by atoms with Crippen LogP contribution in [0.1, 0.15) is 35.2 Å². The van der Waals surface area contributed by atoms with E-state index in [9.17, 15) is 4.79 Å². The molecular weight excluding hydrogens is 332 g/mol. The van der Waals surface area contributed by atoms with E-state index in [1.165, 1.54) is 6.42 Å². The largest absolute Gasteiger partial charge is 0.432 e. The van der Waals surface area contributed by atoms with E-state index in [0.29, 0.717) is 16.5 Å². The summed E-state index contributed by atoms with van der Waals surface area (Å²) in [5.74, 6) is 0.516. The van der Waals surface area contributed by atoms with E-state index in [0.717, 1.165) is 37.2 Å². The van der Waals surface area contributed by atoms with Gasteiger partial charge in [-0.1, -0.05) is 18.2 Å². The normalized spacial score (nSPS) is 14.0. The molecular formula is C20H22N2O2S. The van der Waals surface area contributed by atoms with Crippen molar-refractivity contribution in [3.63, 3.8) is 0 Å². The lowest BCUT2D eigenvalue weighted by Gasteiger charge is -2.28. The van der Waals surface area contributed by atoms with E-state index in [2.05, 4.69) is 10.2 Å². The number of benzene rings is 2. The van der Waals surface area contributed by atoms with Crippen LogP contribution in [0.25, 0.3) is 0 Å². The number of anilines is 1. The number of hydrogen-bond acceptors (Lipinski definition) is 3. The number of piperidine rings is 1. The van der Waals surface area contributed by atoms with Crippen molar-refractivity contribution in [1.82, 2.24) is 4.90 Å². The lowest BCUT2D eigenvalue weighted by Crippen LogP contribution is -2.37. The average molecular weight is 354 g/mol. The second-order valence-electron chi connectivity index (χ2n) is 6.21. The molecule has 4 nitrogen and oxygen atoms in total. The highest BCUT2D eigenvalue weighted by Crippen LogP contribution is 2.18. The van der Waals surface area contributed by atoms with Gasteiger partial charge in [0.1, 0.15) is 5.75 Å². The van der Waals surface area contributed by atoms with E-state index in [4.69, 9.17) is 17.0 Å². The van der Waals surface area contributed by atoms with Gasteiger partial charge < -0.3 is 15.0 Å². The zero-order chi connectivity index (χ0) is 17.6. The molecule has 0 saturated carbocycles. The fraction of sp³-hybridized carbons (Fsp3) is 0.300. The van der Waals surface area contributed by atoms with Gasteiger partial charge in [0.05, 0.1) is 0 Å². The van der Waals surface area contributed by atoms with Crippen molar-refractivity contribution in [2.75, 3.05) is 18.4 Å². The summed E-state index contributed by atoms with van der Waals surface area (Å²) < 4.78 is 5.75. The van der Waals surface area contributed by atoms with Crippen molar-refractivity contribution in [3.05, 3.63) is 59.7 Å². The van der Waals surface area contributed by atoms with Crippen molar-refractivity contribution in [2.45, 2.75) is 26.2 Å². The van der Waals surface area contributed by atoms with Crippen molar-refractivity contribution in [2.24, 2.45) is 0 Å². The van der Waals surface area contributed by atoms with E-state index < -0.39 is 0 Å². The van der Waals surface area contributed by atoms with Crippen LogP contribution in [0.3, 0.4) is 0 Å². The molecule has 1 heterocycles. The highest BCUT2D eigenvalue weighted by molar-refractivity contribution is 7.80. The molecule has 1 N–H and O–H groups in total.